The Kier molecular flexibility index (Phi) is 5.24. The molecule has 5 rings (SSSR count). The van der Waals surface area contributed by atoms with Crippen LogP contribution in [-0.2, 0) is 18.4 Å². The number of amides is 1. The number of aliphatic imine (C=N–C) groups is 1. The van der Waals surface area contributed by atoms with Gasteiger partial charge in [0, 0.05) is 35.4 Å². The second-order valence-corrected chi connectivity index (χ2v) is 8.88. The minimum atomic E-state index is -0.463. The first-order valence-electron chi connectivity index (χ1n) is 10.3. The minimum Gasteiger partial charge on any atom is -0.481 e. The lowest BCUT2D eigenvalue weighted by atomic mass is 9.68. The Balaban J connectivity index is 1.57. The Morgan fingerprint density at radius 2 is 1.84 bits per heavy atom. The molecule has 0 spiro atoms. The van der Waals surface area contributed by atoms with Crippen molar-refractivity contribution in [2.75, 3.05) is 12.9 Å². The number of nitrogens with one attached hydrogen (secondary N) is 1. The molecule has 0 fully saturated rings. The number of hydrogen-bond acceptors (Lipinski definition) is 5. The molecule has 2 heterocycles. The van der Waals surface area contributed by atoms with Crippen LogP contribution in [0.2, 0.25) is 0 Å². The molecule has 3 aromatic rings. The zero-order valence-corrected chi connectivity index (χ0v) is 18.1. The summed E-state index contributed by atoms with van der Waals surface area (Å²) < 4.78 is 5.59. The fourth-order valence-electron chi connectivity index (χ4n) is 4.59. The van der Waals surface area contributed by atoms with E-state index in [1.165, 1.54) is 5.56 Å². The van der Waals surface area contributed by atoms with Gasteiger partial charge in [0.2, 0.25) is 5.88 Å². The van der Waals surface area contributed by atoms with E-state index in [0.29, 0.717) is 28.9 Å². The van der Waals surface area contributed by atoms with Gasteiger partial charge in [-0.15, -0.1) is 0 Å². The average Bonchev–Trinajstić information content (AvgIpc) is 2.83. The monoisotopic (exact) mass is 429 g/mol. The predicted molar refractivity (Wildman–Crippen MR) is 124 cm³/mol. The smallest absolute Gasteiger partial charge is 0.257 e. The first-order valence-corrected chi connectivity index (χ1v) is 11.3. The van der Waals surface area contributed by atoms with Gasteiger partial charge in [0.05, 0.1) is 12.6 Å². The van der Waals surface area contributed by atoms with Crippen molar-refractivity contribution in [2.45, 2.75) is 18.4 Å². The van der Waals surface area contributed by atoms with Gasteiger partial charge < -0.3 is 10.1 Å². The number of aromatic nitrogens is 1. The van der Waals surface area contributed by atoms with E-state index in [0.717, 1.165) is 23.3 Å². The van der Waals surface area contributed by atoms with E-state index in [4.69, 9.17) is 9.73 Å². The maximum absolute atomic E-state index is 12.8. The number of thioether (sulfide) groups is 1. The van der Waals surface area contributed by atoms with E-state index in [1.54, 1.807) is 18.9 Å². The van der Waals surface area contributed by atoms with Gasteiger partial charge in [-0.3, -0.25) is 9.79 Å². The van der Waals surface area contributed by atoms with Gasteiger partial charge in [-0.25, -0.2) is 4.98 Å². The summed E-state index contributed by atoms with van der Waals surface area (Å²) in [5, 5.41) is 3.71. The molecule has 0 radical (unpaired) electrons. The van der Waals surface area contributed by atoms with E-state index in [-0.39, 0.29) is 5.91 Å². The molecule has 1 aliphatic heterocycles. The molecular weight excluding hydrogens is 406 g/mol. The van der Waals surface area contributed by atoms with Crippen LogP contribution in [0.15, 0.2) is 77.9 Å². The third kappa shape index (κ3) is 3.61. The maximum atomic E-state index is 12.8. The van der Waals surface area contributed by atoms with E-state index in [1.807, 2.05) is 42.6 Å². The molecule has 5 nitrogen and oxygen atoms in total. The number of pyridine rings is 1. The van der Waals surface area contributed by atoms with E-state index >= 15 is 0 Å². The predicted octanol–water partition coefficient (Wildman–Crippen LogP) is 4.23. The highest BCUT2D eigenvalue weighted by atomic mass is 32.2. The number of carbonyl (C=O) groups excluding carboxylic acids is 1. The van der Waals surface area contributed by atoms with Crippen molar-refractivity contribution in [1.29, 1.82) is 0 Å². The number of amidine groups is 1. The van der Waals surface area contributed by atoms with Gasteiger partial charge in [0.25, 0.3) is 5.91 Å². The second-order valence-electron chi connectivity index (χ2n) is 7.87. The van der Waals surface area contributed by atoms with Crippen LogP contribution in [0.5, 0.6) is 5.88 Å². The minimum absolute atomic E-state index is 0.135. The Morgan fingerprint density at radius 3 is 2.58 bits per heavy atom. The fourth-order valence-corrected chi connectivity index (χ4v) is 5.73. The first-order chi connectivity index (χ1) is 15.2. The molecule has 6 heteroatoms. The highest BCUT2D eigenvalue weighted by molar-refractivity contribution is 8.13. The van der Waals surface area contributed by atoms with Crippen molar-refractivity contribution in [1.82, 2.24) is 10.3 Å². The molecule has 0 unspecified atom stereocenters. The Hall–Kier alpha value is -3.12. The van der Waals surface area contributed by atoms with Crippen LogP contribution in [0.3, 0.4) is 0 Å². The molecule has 1 amide bonds. The zero-order valence-electron chi connectivity index (χ0n) is 17.2. The number of fused-ring (bicyclic) bond motifs is 2. The van der Waals surface area contributed by atoms with Gasteiger partial charge in [0.15, 0.2) is 5.17 Å². The third-order valence-electron chi connectivity index (χ3n) is 6.15. The Morgan fingerprint density at radius 1 is 1.10 bits per heavy atom. The summed E-state index contributed by atoms with van der Waals surface area (Å²) in [5.74, 6) is 1.72. The third-order valence-corrected chi connectivity index (χ3v) is 7.18. The number of rotatable bonds is 3. The standard InChI is InChI=1S/C25H23N3O2S/c1-30-23-21-15-25(19-10-6-3-7-11-19)20(14-18(21)12-13-26-23)16-31-24(28-25)27-22(29)17-8-4-2-5-9-17/h2-13,20H,14-16H2,1H3,(H,27,28,29)/t20-,25+/m0/s1. The summed E-state index contributed by atoms with van der Waals surface area (Å²) in [6.45, 7) is 0. The molecule has 1 aromatic heterocycles. The zero-order chi connectivity index (χ0) is 21.3. The van der Waals surface area contributed by atoms with Crippen LogP contribution in [0.1, 0.15) is 27.0 Å². The number of benzene rings is 2. The lowest BCUT2D eigenvalue weighted by Crippen LogP contribution is -2.47. The lowest BCUT2D eigenvalue weighted by Gasteiger charge is -2.45. The summed E-state index contributed by atoms with van der Waals surface area (Å²) in [4.78, 5) is 22.4. The van der Waals surface area contributed by atoms with Gasteiger partial charge in [-0.2, -0.15) is 0 Å². The molecule has 2 aliphatic rings. The van der Waals surface area contributed by atoms with E-state index in [2.05, 4.69) is 40.6 Å². The van der Waals surface area contributed by atoms with Crippen molar-refractivity contribution >= 4 is 22.8 Å². The van der Waals surface area contributed by atoms with Crippen molar-refractivity contribution in [3.63, 3.8) is 0 Å². The molecule has 31 heavy (non-hydrogen) atoms. The SMILES string of the molecule is COc1nccc2c1C[C@]1(c3ccccc3)N=C(NC(=O)c3ccccc3)SC[C@@H]1C2. The van der Waals surface area contributed by atoms with Crippen molar-refractivity contribution in [2.24, 2.45) is 10.9 Å². The largest absolute Gasteiger partial charge is 0.481 e. The maximum Gasteiger partial charge on any atom is 0.257 e. The van der Waals surface area contributed by atoms with Gasteiger partial charge in [-0.1, -0.05) is 60.3 Å². The van der Waals surface area contributed by atoms with Crippen LogP contribution < -0.4 is 10.1 Å². The van der Waals surface area contributed by atoms with Crippen LogP contribution in [0.4, 0.5) is 0 Å². The Bertz CT molecular complexity index is 1130. The topological polar surface area (TPSA) is 63.6 Å². The highest BCUT2D eigenvalue weighted by Crippen LogP contribution is 2.49. The van der Waals surface area contributed by atoms with Gasteiger partial charge >= 0.3 is 0 Å². The summed E-state index contributed by atoms with van der Waals surface area (Å²) in [7, 11) is 1.66. The number of methoxy groups -OCH3 is 1. The normalized spacial score (nSPS) is 22.0. The molecule has 0 saturated carbocycles. The molecule has 2 aromatic carbocycles. The number of ether oxygens (including phenoxy) is 1. The van der Waals surface area contributed by atoms with Gasteiger partial charge in [0.1, 0.15) is 0 Å². The molecule has 1 aliphatic carbocycles. The quantitative estimate of drug-likeness (QED) is 0.677. The molecule has 156 valence electrons. The Labute approximate surface area is 186 Å². The van der Waals surface area contributed by atoms with Crippen LogP contribution in [0, 0.1) is 5.92 Å². The number of carbonyl (C=O) groups is 1. The summed E-state index contributed by atoms with van der Waals surface area (Å²) in [6.07, 6.45) is 3.41. The van der Waals surface area contributed by atoms with Crippen molar-refractivity contribution in [3.8, 4) is 5.88 Å². The number of hydrogen-bond donors (Lipinski definition) is 1. The highest BCUT2D eigenvalue weighted by Gasteiger charge is 2.47. The fraction of sp³-hybridized carbons (Fsp3) is 0.240. The first kappa shape index (κ1) is 19.8. The number of nitrogens with zero attached hydrogens (tertiary/aromatic N) is 2. The molecule has 1 N–H and O–H groups in total. The van der Waals surface area contributed by atoms with E-state index in [9.17, 15) is 4.79 Å². The van der Waals surface area contributed by atoms with Gasteiger partial charge in [-0.05, 0) is 35.7 Å². The van der Waals surface area contributed by atoms with Crippen LogP contribution in [0.25, 0.3) is 0 Å². The second kappa shape index (κ2) is 8.19. The molecule has 0 bridgehead atoms. The van der Waals surface area contributed by atoms with Crippen molar-refractivity contribution in [3.05, 3.63) is 95.2 Å². The van der Waals surface area contributed by atoms with Crippen LogP contribution in [-0.4, -0.2) is 28.9 Å². The molecular formula is C25H23N3O2S. The molecule has 2 atom stereocenters. The summed E-state index contributed by atoms with van der Waals surface area (Å²) in [5.41, 5.74) is 3.70. The lowest BCUT2D eigenvalue weighted by molar-refractivity contribution is 0.0977. The van der Waals surface area contributed by atoms with Crippen molar-refractivity contribution < 1.29 is 9.53 Å². The summed E-state index contributed by atoms with van der Waals surface area (Å²) in [6, 6.07) is 21.7. The van der Waals surface area contributed by atoms with Crippen LogP contribution >= 0.6 is 11.8 Å². The molecule has 0 saturated heterocycles. The average molecular weight is 430 g/mol. The summed E-state index contributed by atoms with van der Waals surface area (Å²) >= 11 is 1.62. The van der Waals surface area contributed by atoms with E-state index < -0.39 is 5.54 Å².